The van der Waals surface area contributed by atoms with Crippen molar-refractivity contribution >= 4 is 35.6 Å². The van der Waals surface area contributed by atoms with Crippen LogP contribution in [0.2, 0.25) is 5.02 Å². The number of aromatic amines is 1. The third-order valence-corrected chi connectivity index (χ3v) is 3.50. The highest BCUT2D eigenvalue weighted by atomic mass is 35.5. The first kappa shape index (κ1) is 14.8. The van der Waals surface area contributed by atoms with E-state index in [1.54, 1.807) is 23.4 Å². The van der Waals surface area contributed by atoms with Gasteiger partial charge in [-0.3, -0.25) is 0 Å². The molecule has 0 radical (unpaired) electrons. The summed E-state index contributed by atoms with van der Waals surface area (Å²) < 4.78 is 13.6. The van der Waals surface area contributed by atoms with Gasteiger partial charge in [-0.2, -0.15) is 4.98 Å². The third-order valence-electron chi connectivity index (χ3n) is 2.27. The molecule has 20 heavy (non-hydrogen) atoms. The van der Waals surface area contributed by atoms with E-state index in [1.807, 2.05) is 14.1 Å². The summed E-state index contributed by atoms with van der Waals surface area (Å²) in [6, 6.07) is 4.62. The number of H-pyrrole nitrogens is 1. The van der Waals surface area contributed by atoms with Gasteiger partial charge in [-0.25, -0.2) is 14.5 Å². The van der Waals surface area contributed by atoms with Crippen molar-refractivity contribution in [1.29, 1.82) is 0 Å². The average Bonchev–Trinajstić information content (AvgIpc) is 2.84. The van der Waals surface area contributed by atoms with Crippen LogP contribution in [0, 0.1) is 5.82 Å². The second kappa shape index (κ2) is 6.71. The summed E-state index contributed by atoms with van der Waals surface area (Å²) >= 11 is 7.25. The van der Waals surface area contributed by atoms with E-state index < -0.39 is 0 Å². The van der Waals surface area contributed by atoms with Gasteiger partial charge in [0.05, 0.1) is 6.34 Å². The van der Waals surface area contributed by atoms with Crippen LogP contribution in [0.4, 0.5) is 10.3 Å². The van der Waals surface area contributed by atoms with Gasteiger partial charge in [0, 0.05) is 30.4 Å². The molecule has 0 atom stereocenters. The topological polar surface area (TPSA) is 57.2 Å². The normalized spacial score (nSPS) is 11.2. The van der Waals surface area contributed by atoms with Gasteiger partial charge in [0.15, 0.2) is 0 Å². The van der Waals surface area contributed by atoms with Crippen molar-refractivity contribution in [3.05, 3.63) is 34.6 Å². The summed E-state index contributed by atoms with van der Waals surface area (Å²) in [6.07, 6.45) is 1.61. The maximum atomic E-state index is 13.6. The Labute approximate surface area is 125 Å². The van der Waals surface area contributed by atoms with Gasteiger partial charge in [0.25, 0.3) is 0 Å². The minimum atomic E-state index is -0.327. The number of thioether (sulfide) groups is 1. The van der Waals surface area contributed by atoms with E-state index in [-0.39, 0.29) is 5.82 Å². The van der Waals surface area contributed by atoms with Crippen molar-refractivity contribution in [2.45, 2.75) is 10.9 Å². The van der Waals surface area contributed by atoms with Gasteiger partial charge in [-0.1, -0.05) is 29.4 Å². The molecule has 0 saturated heterocycles. The smallest absolute Gasteiger partial charge is 0.247 e. The zero-order valence-electron chi connectivity index (χ0n) is 11.0. The number of hydrogen-bond acceptors (Lipinski definition) is 4. The number of aliphatic imine (C=N–C) groups is 1. The van der Waals surface area contributed by atoms with Crippen molar-refractivity contribution < 1.29 is 4.39 Å². The van der Waals surface area contributed by atoms with E-state index in [2.05, 4.69) is 20.2 Å². The highest BCUT2D eigenvalue weighted by molar-refractivity contribution is 7.98. The molecule has 0 fully saturated rings. The quantitative estimate of drug-likeness (QED) is 0.523. The Morgan fingerprint density at radius 2 is 2.30 bits per heavy atom. The fourth-order valence-corrected chi connectivity index (χ4v) is 2.47. The Hall–Kier alpha value is -1.60. The molecule has 2 aromatic rings. The monoisotopic (exact) mass is 313 g/mol. The van der Waals surface area contributed by atoms with Crippen LogP contribution in [0.15, 0.2) is 28.3 Å². The summed E-state index contributed by atoms with van der Waals surface area (Å²) in [7, 11) is 3.71. The number of halogens is 2. The van der Waals surface area contributed by atoms with Crippen molar-refractivity contribution in [1.82, 2.24) is 20.1 Å². The summed E-state index contributed by atoms with van der Waals surface area (Å²) in [5.41, 5.74) is 0.447. The molecule has 8 heteroatoms. The van der Waals surface area contributed by atoms with Crippen LogP contribution in [-0.4, -0.2) is 40.5 Å². The van der Waals surface area contributed by atoms with Crippen LogP contribution < -0.4 is 0 Å². The number of benzene rings is 1. The van der Waals surface area contributed by atoms with Gasteiger partial charge in [0.2, 0.25) is 11.1 Å². The van der Waals surface area contributed by atoms with Crippen LogP contribution in [-0.2, 0) is 5.75 Å². The van der Waals surface area contributed by atoms with Gasteiger partial charge in [-0.05, 0) is 12.1 Å². The van der Waals surface area contributed by atoms with Crippen LogP contribution in [0.3, 0.4) is 0 Å². The third kappa shape index (κ3) is 3.94. The van der Waals surface area contributed by atoms with Crippen molar-refractivity contribution in [2.75, 3.05) is 14.1 Å². The zero-order chi connectivity index (χ0) is 14.5. The maximum Gasteiger partial charge on any atom is 0.247 e. The van der Waals surface area contributed by atoms with E-state index in [1.165, 1.54) is 17.8 Å². The van der Waals surface area contributed by atoms with Crippen LogP contribution >= 0.6 is 23.4 Å². The minimum absolute atomic E-state index is 0.327. The molecule has 1 N–H and O–H groups in total. The summed E-state index contributed by atoms with van der Waals surface area (Å²) in [5.74, 6) is 0.437. The van der Waals surface area contributed by atoms with Gasteiger partial charge in [0.1, 0.15) is 5.82 Å². The molecule has 1 aromatic heterocycles. The Morgan fingerprint density at radius 3 is 3.00 bits per heavy atom. The average molecular weight is 314 g/mol. The second-order valence-electron chi connectivity index (χ2n) is 4.14. The Morgan fingerprint density at radius 1 is 1.50 bits per heavy atom. The molecular weight excluding hydrogens is 301 g/mol. The number of rotatable bonds is 5. The minimum Gasteiger partial charge on any atom is -0.369 e. The Bertz CT molecular complexity index is 593. The summed E-state index contributed by atoms with van der Waals surface area (Å²) in [6.45, 7) is 0. The molecule has 0 saturated carbocycles. The molecule has 0 amide bonds. The predicted octanol–water partition coefficient (Wildman–Crippen LogP) is 3.11. The molecular formula is C12H13ClFN5S. The number of hydrogen-bond donors (Lipinski definition) is 1. The molecule has 0 unspecified atom stereocenters. The lowest BCUT2D eigenvalue weighted by atomic mass is 10.2. The fourth-order valence-electron chi connectivity index (χ4n) is 1.34. The standard InChI is InChI=1S/C12H13ClFN5S/c1-19(2)7-15-11-16-12(18-17-11)20-6-8-9(13)4-3-5-10(8)14/h3-5,7H,6H2,1-2H3,(H,16,17,18)/b15-7+. The van der Waals surface area contributed by atoms with Gasteiger partial charge < -0.3 is 4.90 Å². The van der Waals surface area contributed by atoms with E-state index in [0.29, 0.717) is 27.4 Å². The summed E-state index contributed by atoms with van der Waals surface area (Å²) in [4.78, 5) is 10.0. The van der Waals surface area contributed by atoms with Crippen LogP contribution in [0.25, 0.3) is 0 Å². The molecule has 0 aliphatic rings. The molecule has 1 heterocycles. The van der Waals surface area contributed by atoms with Gasteiger partial charge >= 0.3 is 0 Å². The van der Waals surface area contributed by atoms with Crippen molar-refractivity contribution in [3.63, 3.8) is 0 Å². The zero-order valence-corrected chi connectivity index (χ0v) is 12.5. The van der Waals surface area contributed by atoms with Crippen LogP contribution in [0.5, 0.6) is 0 Å². The maximum absolute atomic E-state index is 13.6. The molecule has 106 valence electrons. The first-order valence-electron chi connectivity index (χ1n) is 5.75. The molecule has 1 aromatic carbocycles. The molecule has 0 aliphatic heterocycles. The number of nitrogens with zero attached hydrogens (tertiary/aromatic N) is 4. The van der Waals surface area contributed by atoms with Crippen molar-refractivity contribution in [3.8, 4) is 0 Å². The SMILES string of the molecule is CN(C)/C=N/c1nc(SCc2c(F)cccc2Cl)n[nH]1. The lowest BCUT2D eigenvalue weighted by molar-refractivity contribution is 0.617. The van der Waals surface area contributed by atoms with Crippen molar-refractivity contribution in [2.24, 2.45) is 4.99 Å². The Kier molecular flexibility index (Phi) is 4.97. The van der Waals surface area contributed by atoms with Crippen LogP contribution in [0.1, 0.15) is 5.56 Å². The highest BCUT2D eigenvalue weighted by Crippen LogP contribution is 2.27. The van der Waals surface area contributed by atoms with Gasteiger partial charge in [-0.15, -0.1) is 5.10 Å². The lowest BCUT2D eigenvalue weighted by Crippen LogP contribution is -2.07. The highest BCUT2D eigenvalue weighted by Gasteiger charge is 2.09. The molecule has 0 aliphatic carbocycles. The predicted molar refractivity (Wildman–Crippen MR) is 79.2 cm³/mol. The molecule has 5 nitrogen and oxygen atoms in total. The first-order valence-corrected chi connectivity index (χ1v) is 7.11. The van der Waals surface area contributed by atoms with E-state index in [4.69, 9.17) is 11.6 Å². The second-order valence-corrected chi connectivity index (χ2v) is 5.49. The molecule has 2 rings (SSSR count). The van der Waals surface area contributed by atoms with E-state index in [0.717, 1.165) is 0 Å². The first-order chi connectivity index (χ1) is 9.56. The fraction of sp³-hybridized carbons (Fsp3) is 0.250. The Balaban J connectivity index is 2.01. The number of aromatic nitrogens is 3. The van der Waals surface area contributed by atoms with E-state index >= 15 is 0 Å². The lowest BCUT2D eigenvalue weighted by Gasteiger charge is -2.03. The summed E-state index contributed by atoms with van der Waals surface area (Å²) in [5, 5.41) is 7.59. The molecule has 0 bridgehead atoms. The largest absolute Gasteiger partial charge is 0.369 e. The molecule has 0 spiro atoms. The number of nitrogens with one attached hydrogen (secondary N) is 1. The van der Waals surface area contributed by atoms with E-state index in [9.17, 15) is 4.39 Å².